The number of hydrogen-bond donors (Lipinski definition) is 1. The lowest BCUT2D eigenvalue weighted by Crippen LogP contribution is -2.28. The van der Waals surface area contributed by atoms with Crippen LogP contribution in [0.4, 0.5) is 11.4 Å². The van der Waals surface area contributed by atoms with Gasteiger partial charge in [-0.05, 0) is 30.0 Å². The molecular weight excluding hydrogens is 360 g/mol. The van der Waals surface area contributed by atoms with E-state index in [1.54, 1.807) is 0 Å². The van der Waals surface area contributed by atoms with Gasteiger partial charge in [0.15, 0.2) is 0 Å². The minimum Gasteiger partial charge on any atom is -0.324 e. The number of carbonyl (C=O) groups is 1. The van der Waals surface area contributed by atoms with Crippen molar-refractivity contribution in [1.29, 1.82) is 0 Å². The van der Waals surface area contributed by atoms with Gasteiger partial charge in [0.05, 0.1) is 22.2 Å². The van der Waals surface area contributed by atoms with Crippen LogP contribution >= 0.6 is 0 Å². The smallest absolute Gasteiger partial charge is 0.270 e. The fraction of sp³-hybridized carbons (Fsp3) is 0.250. The van der Waals surface area contributed by atoms with E-state index in [0.717, 1.165) is 16.6 Å². The van der Waals surface area contributed by atoms with Crippen molar-refractivity contribution in [1.82, 2.24) is 9.55 Å². The molecule has 0 unspecified atom stereocenters. The highest BCUT2D eigenvalue weighted by Crippen LogP contribution is 2.26. The first-order chi connectivity index (χ1) is 13.4. The molecule has 8 nitrogen and oxygen atoms in total. The lowest BCUT2D eigenvalue weighted by Gasteiger charge is -2.16. The van der Waals surface area contributed by atoms with Crippen LogP contribution in [0.5, 0.6) is 0 Å². The minimum absolute atomic E-state index is 0.101. The molecule has 1 heterocycles. The van der Waals surface area contributed by atoms with Gasteiger partial charge < -0.3 is 5.32 Å². The zero-order valence-electron chi connectivity index (χ0n) is 15.6. The average molecular weight is 380 g/mol. The summed E-state index contributed by atoms with van der Waals surface area (Å²) < 4.78 is 1.15. The third kappa shape index (κ3) is 3.90. The molecule has 0 bridgehead atoms. The normalized spacial score (nSPS) is 11.9. The topological polar surface area (TPSA) is 107 Å². The molecule has 1 aromatic heterocycles. The van der Waals surface area contributed by atoms with Gasteiger partial charge in [0.2, 0.25) is 5.91 Å². The van der Waals surface area contributed by atoms with Crippen molar-refractivity contribution in [2.45, 2.75) is 32.7 Å². The van der Waals surface area contributed by atoms with E-state index in [-0.39, 0.29) is 29.4 Å². The Morgan fingerprint density at radius 1 is 1.29 bits per heavy atom. The van der Waals surface area contributed by atoms with Gasteiger partial charge in [-0.3, -0.25) is 24.3 Å². The summed E-state index contributed by atoms with van der Waals surface area (Å²) in [4.78, 5) is 39.6. The van der Waals surface area contributed by atoms with Crippen LogP contribution in [0.3, 0.4) is 0 Å². The molecule has 0 aliphatic rings. The molecule has 0 aliphatic heterocycles. The molecule has 0 radical (unpaired) electrons. The number of fused-ring (bicyclic) bond motifs is 1. The predicted octanol–water partition coefficient (Wildman–Crippen LogP) is 3.46. The van der Waals surface area contributed by atoms with Crippen molar-refractivity contribution >= 4 is 28.2 Å². The third-order valence-corrected chi connectivity index (χ3v) is 4.71. The Bertz CT molecular complexity index is 1110. The van der Waals surface area contributed by atoms with Crippen LogP contribution in [-0.4, -0.2) is 20.4 Å². The third-order valence-electron chi connectivity index (χ3n) is 4.71. The highest BCUT2D eigenvalue weighted by molar-refractivity contribution is 5.91. The molecule has 0 aliphatic carbocycles. The fourth-order valence-electron chi connectivity index (χ4n) is 2.98. The van der Waals surface area contributed by atoms with Gasteiger partial charge in [0, 0.05) is 17.8 Å². The van der Waals surface area contributed by atoms with Crippen LogP contribution in [0.25, 0.3) is 10.9 Å². The lowest BCUT2D eigenvalue weighted by molar-refractivity contribution is -0.384. The first-order valence-corrected chi connectivity index (χ1v) is 8.93. The number of non-ortho nitro benzene ring substituents is 1. The highest BCUT2D eigenvalue weighted by Gasteiger charge is 2.14. The molecule has 0 spiro atoms. The van der Waals surface area contributed by atoms with Gasteiger partial charge in [-0.1, -0.05) is 32.0 Å². The molecule has 28 heavy (non-hydrogen) atoms. The Kier molecular flexibility index (Phi) is 5.49. The molecule has 0 fully saturated rings. The van der Waals surface area contributed by atoms with Crippen LogP contribution in [-0.2, 0) is 11.3 Å². The molecule has 0 saturated heterocycles. The van der Waals surface area contributed by atoms with Crippen LogP contribution in [0.2, 0.25) is 0 Å². The van der Waals surface area contributed by atoms with E-state index in [1.165, 1.54) is 24.5 Å². The van der Waals surface area contributed by atoms with Crippen molar-refractivity contribution in [3.8, 4) is 0 Å². The number of para-hydroxylation sites is 1. The number of nitrogens with one attached hydrogen (secondary N) is 1. The highest BCUT2D eigenvalue weighted by atomic mass is 16.6. The number of anilines is 1. The number of nitro benzene ring substituents is 1. The summed E-state index contributed by atoms with van der Waals surface area (Å²) >= 11 is 0. The molecule has 3 aromatic rings. The van der Waals surface area contributed by atoms with Gasteiger partial charge in [-0.2, -0.15) is 0 Å². The summed E-state index contributed by atoms with van der Waals surface area (Å²) in [5.41, 5.74) is 1.38. The molecular formula is C20H20N4O4. The van der Waals surface area contributed by atoms with Crippen LogP contribution in [0, 0.1) is 10.1 Å². The molecule has 1 atom stereocenters. The predicted molar refractivity (Wildman–Crippen MR) is 106 cm³/mol. The maximum atomic E-state index is 12.6. The van der Waals surface area contributed by atoms with Crippen molar-refractivity contribution in [3.63, 3.8) is 0 Å². The minimum atomic E-state index is -0.575. The SMILES string of the molecule is CC[C@@H](C)c1ccccc1NC(=O)Cn1cnc2ccc([N+](=O)[O-])cc2c1=O. The number of aromatic nitrogens is 2. The molecule has 2 aromatic carbocycles. The van der Waals surface area contributed by atoms with Crippen LogP contribution in [0.1, 0.15) is 31.7 Å². The number of nitro groups is 1. The second-order valence-corrected chi connectivity index (χ2v) is 6.58. The van der Waals surface area contributed by atoms with E-state index >= 15 is 0 Å². The number of nitrogens with zero attached hydrogens (tertiary/aromatic N) is 3. The van der Waals surface area contributed by atoms with Crippen molar-refractivity contribution in [2.75, 3.05) is 5.32 Å². The summed E-state index contributed by atoms with van der Waals surface area (Å²) in [6, 6.07) is 11.4. The first-order valence-electron chi connectivity index (χ1n) is 8.93. The average Bonchev–Trinajstić information content (AvgIpc) is 2.69. The van der Waals surface area contributed by atoms with E-state index in [1.807, 2.05) is 24.3 Å². The van der Waals surface area contributed by atoms with Crippen molar-refractivity contribution in [3.05, 3.63) is 74.8 Å². The largest absolute Gasteiger partial charge is 0.324 e. The quantitative estimate of drug-likeness (QED) is 0.520. The standard InChI is InChI=1S/C20H20N4O4/c1-3-13(2)15-6-4-5-7-18(15)22-19(25)11-23-12-21-17-9-8-14(24(27)28)10-16(17)20(23)26/h4-10,12-13H,3,11H2,1-2H3,(H,22,25)/t13-/m1/s1. The summed E-state index contributed by atoms with van der Waals surface area (Å²) in [7, 11) is 0. The second-order valence-electron chi connectivity index (χ2n) is 6.58. The van der Waals surface area contributed by atoms with E-state index in [0.29, 0.717) is 11.2 Å². The molecule has 1 amide bonds. The summed E-state index contributed by atoms with van der Waals surface area (Å²) in [5.74, 6) is -0.0912. The molecule has 0 saturated carbocycles. The number of benzene rings is 2. The maximum absolute atomic E-state index is 12.6. The number of hydrogen-bond acceptors (Lipinski definition) is 5. The Balaban J connectivity index is 1.87. The van der Waals surface area contributed by atoms with Crippen molar-refractivity contribution < 1.29 is 9.72 Å². The Labute approximate surface area is 161 Å². The lowest BCUT2D eigenvalue weighted by atomic mass is 9.97. The van der Waals surface area contributed by atoms with E-state index in [9.17, 15) is 19.7 Å². The Hall–Kier alpha value is -3.55. The molecule has 1 N–H and O–H groups in total. The molecule has 8 heteroatoms. The monoisotopic (exact) mass is 380 g/mol. The zero-order valence-corrected chi connectivity index (χ0v) is 15.6. The number of carbonyl (C=O) groups excluding carboxylic acids is 1. The van der Waals surface area contributed by atoms with Gasteiger partial charge in [-0.15, -0.1) is 0 Å². The van der Waals surface area contributed by atoms with Crippen molar-refractivity contribution in [2.24, 2.45) is 0 Å². The molecule has 3 rings (SSSR count). The summed E-state index contributed by atoms with van der Waals surface area (Å²) in [6.07, 6.45) is 2.20. The second kappa shape index (κ2) is 7.99. The number of amides is 1. The Morgan fingerprint density at radius 3 is 2.75 bits per heavy atom. The Morgan fingerprint density at radius 2 is 2.04 bits per heavy atom. The maximum Gasteiger partial charge on any atom is 0.270 e. The zero-order chi connectivity index (χ0) is 20.3. The van der Waals surface area contributed by atoms with Gasteiger partial charge >= 0.3 is 0 Å². The van der Waals surface area contributed by atoms with Crippen LogP contribution < -0.4 is 10.9 Å². The van der Waals surface area contributed by atoms with Gasteiger partial charge in [-0.25, -0.2) is 4.98 Å². The van der Waals surface area contributed by atoms with E-state index in [4.69, 9.17) is 0 Å². The van der Waals surface area contributed by atoms with Gasteiger partial charge in [0.1, 0.15) is 6.54 Å². The van der Waals surface area contributed by atoms with Gasteiger partial charge in [0.25, 0.3) is 11.2 Å². The summed E-state index contributed by atoms with van der Waals surface area (Å²) in [5, 5.41) is 13.9. The fourth-order valence-corrected chi connectivity index (χ4v) is 2.98. The first kappa shape index (κ1) is 19.2. The number of rotatable bonds is 6. The van der Waals surface area contributed by atoms with Crippen LogP contribution in [0.15, 0.2) is 53.6 Å². The van der Waals surface area contributed by atoms with E-state index < -0.39 is 10.5 Å². The molecule has 144 valence electrons. The van der Waals surface area contributed by atoms with E-state index in [2.05, 4.69) is 24.1 Å². The summed E-state index contributed by atoms with van der Waals surface area (Å²) in [6.45, 7) is 3.91.